The van der Waals surface area contributed by atoms with Gasteiger partial charge in [-0.15, -0.1) is 0 Å². The van der Waals surface area contributed by atoms with Crippen LogP contribution in [0.2, 0.25) is 0 Å². The van der Waals surface area contributed by atoms with Gasteiger partial charge >= 0.3 is 6.18 Å². The molecule has 0 N–H and O–H groups in total. The van der Waals surface area contributed by atoms with Crippen LogP contribution in [0.3, 0.4) is 0 Å². The van der Waals surface area contributed by atoms with Crippen LogP contribution in [-0.4, -0.2) is 34.0 Å². The average Bonchev–Trinajstić information content (AvgIpc) is 3.05. The first kappa shape index (κ1) is 20.8. The normalized spacial score (nSPS) is 11.8. The Morgan fingerprint density at radius 2 is 1.97 bits per heavy atom. The van der Waals surface area contributed by atoms with E-state index in [9.17, 15) is 22.4 Å². The molecule has 0 saturated carbocycles. The van der Waals surface area contributed by atoms with Crippen molar-refractivity contribution < 1.29 is 22.4 Å². The standard InChI is InChI=1S/C21H21F4N3O/c1-4-27(3)20(29)12-28-8-6-15-18(26-7-5-19(15)28)11-16-13(2)9-14(22)10-17(16)21(23,24)25/h5-10H,4,11-12H2,1-3H3. The van der Waals surface area contributed by atoms with Gasteiger partial charge in [0.05, 0.1) is 16.8 Å². The van der Waals surface area contributed by atoms with Crippen molar-refractivity contribution in [3.05, 3.63) is 64.9 Å². The minimum Gasteiger partial charge on any atom is -0.344 e. The van der Waals surface area contributed by atoms with E-state index in [0.29, 0.717) is 29.2 Å². The highest BCUT2D eigenvalue weighted by atomic mass is 19.4. The van der Waals surface area contributed by atoms with Crippen LogP contribution in [0.1, 0.15) is 29.3 Å². The van der Waals surface area contributed by atoms with E-state index in [0.717, 1.165) is 6.07 Å². The summed E-state index contributed by atoms with van der Waals surface area (Å²) < 4.78 is 55.7. The number of alkyl halides is 3. The fourth-order valence-corrected chi connectivity index (χ4v) is 3.33. The number of aromatic nitrogens is 2. The molecule has 29 heavy (non-hydrogen) atoms. The molecule has 2 heterocycles. The predicted octanol–water partition coefficient (Wildman–Crippen LogP) is 4.57. The van der Waals surface area contributed by atoms with Gasteiger partial charge in [0.25, 0.3) is 0 Å². The number of carbonyl (C=O) groups excluding carboxylic acids is 1. The summed E-state index contributed by atoms with van der Waals surface area (Å²) in [4.78, 5) is 18.1. The summed E-state index contributed by atoms with van der Waals surface area (Å²) in [5.41, 5.74) is 0.371. The lowest BCUT2D eigenvalue weighted by molar-refractivity contribution is -0.138. The van der Waals surface area contributed by atoms with E-state index >= 15 is 0 Å². The van der Waals surface area contributed by atoms with Gasteiger partial charge in [0.15, 0.2) is 0 Å². The van der Waals surface area contributed by atoms with Gasteiger partial charge in [-0.25, -0.2) is 4.39 Å². The number of rotatable bonds is 5. The molecule has 0 spiro atoms. The Morgan fingerprint density at radius 1 is 1.24 bits per heavy atom. The highest BCUT2D eigenvalue weighted by Gasteiger charge is 2.34. The highest BCUT2D eigenvalue weighted by molar-refractivity contribution is 5.85. The minimum atomic E-state index is -4.67. The number of halogens is 4. The van der Waals surface area contributed by atoms with E-state index in [1.165, 1.54) is 13.1 Å². The van der Waals surface area contributed by atoms with Gasteiger partial charge in [-0.3, -0.25) is 9.78 Å². The summed E-state index contributed by atoms with van der Waals surface area (Å²) in [6, 6.07) is 5.07. The number of likely N-dealkylation sites (N-methyl/N-ethyl adjacent to an activating group) is 1. The molecule has 0 fully saturated rings. The maximum atomic E-state index is 13.6. The molecule has 4 nitrogen and oxygen atoms in total. The third-order valence-corrected chi connectivity index (χ3v) is 5.07. The van der Waals surface area contributed by atoms with E-state index < -0.39 is 17.6 Å². The van der Waals surface area contributed by atoms with E-state index in [1.54, 1.807) is 34.8 Å². The lowest BCUT2D eigenvalue weighted by atomic mass is 9.96. The molecular weight excluding hydrogens is 386 g/mol. The number of amides is 1. The van der Waals surface area contributed by atoms with Gasteiger partial charge in [0.1, 0.15) is 12.4 Å². The van der Waals surface area contributed by atoms with Crippen LogP contribution in [0.5, 0.6) is 0 Å². The average molecular weight is 407 g/mol. The Morgan fingerprint density at radius 3 is 2.62 bits per heavy atom. The van der Waals surface area contributed by atoms with Crippen molar-refractivity contribution in [2.45, 2.75) is 33.0 Å². The minimum absolute atomic E-state index is 0.00607. The van der Waals surface area contributed by atoms with Gasteiger partial charge in [-0.2, -0.15) is 13.2 Å². The Hall–Kier alpha value is -2.90. The fraction of sp³-hybridized carbons (Fsp3) is 0.333. The van der Waals surface area contributed by atoms with E-state index in [-0.39, 0.29) is 30.0 Å². The third kappa shape index (κ3) is 4.26. The Labute approximate surface area is 165 Å². The number of hydrogen-bond donors (Lipinski definition) is 0. The van der Waals surface area contributed by atoms with Crippen LogP contribution < -0.4 is 0 Å². The maximum Gasteiger partial charge on any atom is 0.416 e. The first-order chi connectivity index (χ1) is 13.6. The number of aryl methyl sites for hydroxylation is 1. The quantitative estimate of drug-likeness (QED) is 0.581. The molecule has 0 aliphatic heterocycles. The molecule has 3 aromatic rings. The van der Waals surface area contributed by atoms with Crippen molar-refractivity contribution in [2.24, 2.45) is 0 Å². The van der Waals surface area contributed by atoms with Crippen LogP contribution in [0, 0.1) is 12.7 Å². The molecule has 0 atom stereocenters. The monoisotopic (exact) mass is 407 g/mol. The molecule has 0 saturated heterocycles. The van der Waals surface area contributed by atoms with Crippen LogP contribution in [-0.2, 0) is 23.9 Å². The lowest BCUT2D eigenvalue weighted by Gasteiger charge is -2.16. The summed E-state index contributed by atoms with van der Waals surface area (Å²) in [6.45, 7) is 4.03. The Balaban J connectivity index is 2.02. The predicted molar refractivity (Wildman–Crippen MR) is 102 cm³/mol. The zero-order chi connectivity index (χ0) is 21.3. The Bertz CT molecular complexity index is 1060. The van der Waals surface area contributed by atoms with Crippen molar-refractivity contribution in [1.29, 1.82) is 0 Å². The van der Waals surface area contributed by atoms with Crippen LogP contribution in [0.25, 0.3) is 10.9 Å². The highest BCUT2D eigenvalue weighted by Crippen LogP contribution is 2.35. The van der Waals surface area contributed by atoms with Gasteiger partial charge in [0.2, 0.25) is 5.91 Å². The topological polar surface area (TPSA) is 38.1 Å². The molecule has 1 amide bonds. The fourth-order valence-electron chi connectivity index (χ4n) is 3.33. The lowest BCUT2D eigenvalue weighted by Crippen LogP contribution is -2.29. The maximum absolute atomic E-state index is 13.6. The van der Waals surface area contributed by atoms with Crippen molar-refractivity contribution >= 4 is 16.8 Å². The van der Waals surface area contributed by atoms with Crippen molar-refractivity contribution in [3.8, 4) is 0 Å². The summed E-state index contributed by atoms with van der Waals surface area (Å²) >= 11 is 0. The molecular formula is C21H21F4N3O. The molecule has 0 unspecified atom stereocenters. The SMILES string of the molecule is CCN(C)C(=O)Cn1ccc2c(Cc3c(C)cc(F)cc3C(F)(F)F)nccc21. The van der Waals surface area contributed by atoms with E-state index in [2.05, 4.69) is 4.98 Å². The van der Waals surface area contributed by atoms with Crippen LogP contribution in [0.4, 0.5) is 17.6 Å². The van der Waals surface area contributed by atoms with Crippen LogP contribution in [0.15, 0.2) is 36.7 Å². The molecule has 0 aliphatic carbocycles. The van der Waals surface area contributed by atoms with Crippen LogP contribution >= 0.6 is 0 Å². The number of fused-ring (bicyclic) bond motifs is 1. The van der Waals surface area contributed by atoms with Gasteiger partial charge in [-0.05, 0) is 49.2 Å². The number of nitrogens with zero attached hydrogens (tertiary/aromatic N) is 3. The Kier molecular flexibility index (Phi) is 5.64. The number of benzene rings is 1. The zero-order valence-corrected chi connectivity index (χ0v) is 16.3. The number of hydrogen-bond acceptors (Lipinski definition) is 2. The number of carbonyl (C=O) groups is 1. The summed E-state index contributed by atoms with van der Waals surface area (Å²) in [5.74, 6) is -0.994. The molecule has 154 valence electrons. The number of pyridine rings is 1. The van der Waals surface area contributed by atoms with Gasteiger partial charge in [-0.1, -0.05) is 0 Å². The molecule has 8 heteroatoms. The third-order valence-electron chi connectivity index (χ3n) is 5.07. The van der Waals surface area contributed by atoms with E-state index in [1.807, 2.05) is 6.92 Å². The first-order valence-corrected chi connectivity index (χ1v) is 9.14. The van der Waals surface area contributed by atoms with Crippen molar-refractivity contribution in [3.63, 3.8) is 0 Å². The molecule has 3 rings (SSSR count). The summed E-state index contributed by atoms with van der Waals surface area (Å²) in [5, 5.41) is 0.663. The first-order valence-electron chi connectivity index (χ1n) is 9.14. The second-order valence-corrected chi connectivity index (χ2v) is 6.97. The second-order valence-electron chi connectivity index (χ2n) is 6.97. The largest absolute Gasteiger partial charge is 0.416 e. The molecule has 2 aromatic heterocycles. The smallest absolute Gasteiger partial charge is 0.344 e. The summed E-state index contributed by atoms with van der Waals surface area (Å²) in [6.07, 6.45) is -1.53. The summed E-state index contributed by atoms with van der Waals surface area (Å²) in [7, 11) is 1.71. The zero-order valence-electron chi connectivity index (χ0n) is 16.3. The van der Waals surface area contributed by atoms with Crippen molar-refractivity contribution in [1.82, 2.24) is 14.5 Å². The van der Waals surface area contributed by atoms with Crippen molar-refractivity contribution in [2.75, 3.05) is 13.6 Å². The van der Waals surface area contributed by atoms with Gasteiger partial charge in [0, 0.05) is 37.8 Å². The molecule has 0 bridgehead atoms. The second kappa shape index (κ2) is 7.85. The van der Waals surface area contributed by atoms with Gasteiger partial charge < -0.3 is 9.47 Å². The molecule has 0 aliphatic rings. The molecule has 1 aromatic carbocycles. The molecule has 0 radical (unpaired) electrons. The van der Waals surface area contributed by atoms with E-state index in [4.69, 9.17) is 0 Å².